The summed E-state index contributed by atoms with van der Waals surface area (Å²) in [5.41, 5.74) is 0.985. The second-order valence-electron chi connectivity index (χ2n) is 3.16. The topological polar surface area (TPSA) is 55.6 Å². The molecular formula is C9H13N5S. The van der Waals surface area contributed by atoms with Crippen LogP contribution in [0, 0.1) is 6.92 Å². The van der Waals surface area contributed by atoms with Crippen molar-refractivity contribution in [2.45, 2.75) is 20.4 Å². The minimum absolute atomic E-state index is 0.772. The van der Waals surface area contributed by atoms with Crippen LogP contribution in [0.2, 0.25) is 0 Å². The first-order chi connectivity index (χ1) is 7.29. The van der Waals surface area contributed by atoms with Crippen molar-refractivity contribution in [2.75, 3.05) is 6.54 Å². The van der Waals surface area contributed by atoms with E-state index in [-0.39, 0.29) is 0 Å². The van der Waals surface area contributed by atoms with Crippen LogP contribution in [0.15, 0.2) is 12.3 Å². The summed E-state index contributed by atoms with van der Waals surface area (Å²) < 4.78 is 1.75. The molecule has 15 heavy (non-hydrogen) atoms. The Morgan fingerprint density at radius 2 is 2.33 bits per heavy atom. The molecule has 0 atom stereocenters. The Morgan fingerprint density at radius 1 is 1.47 bits per heavy atom. The minimum atomic E-state index is 0.772. The molecule has 0 amide bonds. The summed E-state index contributed by atoms with van der Waals surface area (Å²) in [5.74, 6) is 0. The Labute approximate surface area is 92.2 Å². The average molecular weight is 223 g/mol. The van der Waals surface area contributed by atoms with Gasteiger partial charge < -0.3 is 5.32 Å². The summed E-state index contributed by atoms with van der Waals surface area (Å²) in [6, 6.07) is 1.95. The van der Waals surface area contributed by atoms with Gasteiger partial charge in [-0.25, -0.2) is 4.68 Å². The minimum Gasteiger partial charge on any atom is -0.311 e. The molecule has 0 aliphatic carbocycles. The van der Waals surface area contributed by atoms with E-state index in [1.807, 2.05) is 19.2 Å². The molecular weight excluding hydrogens is 210 g/mol. The van der Waals surface area contributed by atoms with E-state index in [0.29, 0.717) is 0 Å². The highest BCUT2D eigenvalue weighted by Crippen LogP contribution is 2.13. The van der Waals surface area contributed by atoms with Crippen LogP contribution in [0.1, 0.15) is 17.6 Å². The van der Waals surface area contributed by atoms with E-state index < -0.39 is 0 Å². The summed E-state index contributed by atoms with van der Waals surface area (Å²) in [6.45, 7) is 5.74. The van der Waals surface area contributed by atoms with Crippen LogP contribution in [-0.4, -0.2) is 26.5 Å². The van der Waals surface area contributed by atoms with Gasteiger partial charge in [0.05, 0.1) is 5.69 Å². The molecule has 0 radical (unpaired) electrons. The molecule has 0 bridgehead atoms. The highest BCUT2D eigenvalue weighted by Gasteiger charge is 2.05. The predicted octanol–water partition coefficient (Wildman–Crippen LogP) is 1.14. The number of hydrogen-bond donors (Lipinski definition) is 1. The van der Waals surface area contributed by atoms with Gasteiger partial charge >= 0.3 is 0 Å². The number of aryl methyl sites for hydroxylation is 1. The SMILES string of the molecule is CCNCc1nnc(-n2ccc(C)n2)s1. The third-order valence-electron chi connectivity index (χ3n) is 1.90. The molecule has 1 N–H and O–H groups in total. The van der Waals surface area contributed by atoms with E-state index >= 15 is 0 Å². The third kappa shape index (κ3) is 2.40. The van der Waals surface area contributed by atoms with Gasteiger partial charge in [0, 0.05) is 12.7 Å². The van der Waals surface area contributed by atoms with Gasteiger partial charge in [0.15, 0.2) is 0 Å². The first-order valence-electron chi connectivity index (χ1n) is 4.85. The van der Waals surface area contributed by atoms with Gasteiger partial charge in [0.25, 0.3) is 0 Å². The van der Waals surface area contributed by atoms with E-state index in [4.69, 9.17) is 0 Å². The first kappa shape index (κ1) is 10.3. The molecule has 0 saturated heterocycles. The molecule has 0 aliphatic rings. The van der Waals surface area contributed by atoms with Gasteiger partial charge in [-0.2, -0.15) is 5.10 Å². The van der Waals surface area contributed by atoms with Gasteiger partial charge in [-0.1, -0.05) is 18.3 Å². The van der Waals surface area contributed by atoms with Crippen LogP contribution in [-0.2, 0) is 6.54 Å². The van der Waals surface area contributed by atoms with Crippen LogP contribution < -0.4 is 5.32 Å². The van der Waals surface area contributed by atoms with E-state index in [1.54, 1.807) is 16.0 Å². The maximum atomic E-state index is 4.28. The van der Waals surface area contributed by atoms with Crippen LogP contribution >= 0.6 is 11.3 Å². The Morgan fingerprint density at radius 3 is 3.00 bits per heavy atom. The molecule has 6 heteroatoms. The number of hydrogen-bond acceptors (Lipinski definition) is 5. The Hall–Kier alpha value is -1.27. The highest BCUT2D eigenvalue weighted by molar-refractivity contribution is 7.13. The fraction of sp³-hybridized carbons (Fsp3) is 0.444. The van der Waals surface area contributed by atoms with Gasteiger partial charge in [-0.05, 0) is 19.5 Å². The fourth-order valence-electron chi connectivity index (χ4n) is 1.16. The van der Waals surface area contributed by atoms with Crippen molar-refractivity contribution in [2.24, 2.45) is 0 Å². The van der Waals surface area contributed by atoms with E-state index in [0.717, 1.165) is 28.9 Å². The summed E-state index contributed by atoms with van der Waals surface area (Å²) in [7, 11) is 0. The van der Waals surface area contributed by atoms with Gasteiger partial charge in [0.1, 0.15) is 5.01 Å². The predicted molar refractivity (Wildman–Crippen MR) is 59.1 cm³/mol. The Balaban J connectivity index is 2.13. The number of aromatic nitrogens is 4. The zero-order valence-electron chi connectivity index (χ0n) is 8.77. The van der Waals surface area contributed by atoms with Gasteiger partial charge in [-0.3, -0.25) is 0 Å². The number of rotatable bonds is 4. The lowest BCUT2D eigenvalue weighted by molar-refractivity contribution is 0.713. The van der Waals surface area contributed by atoms with E-state index in [1.165, 1.54) is 0 Å². The smallest absolute Gasteiger partial charge is 0.232 e. The highest BCUT2D eigenvalue weighted by atomic mass is 32.1. The van der Waals surface area contributed by atoms with Crippen LogP contribution in [0.3, 0.4) is 0 Å². The Kier molecular flexibility index (Phi) is 3.08. The maximum absolute atomic E-state index is 4.28. The molecule has 0 aliphatic heterocycles. The second kappa shape index (κ2) is 4.50. The average Bonchev–Trinajstić information content (AvgIpc) is 2.83. The van der Waals surface area contributed by atoms with Crippen molar-refractivity contribution in [1.29, 1.82) is 0 Å². The molecule has 2 rings (SSSR count). The van der Waals surface area contributed by atoms with Crippen molar-refractivity contribution in [3.05, 3.63) is 23.0 Å². The van der Waals surface area contributed by atoms with Crippen molar-refractivity contribution < 1.29 is 0 Å². The van der Waals surface area contributed by atoms with Gasteiger partial charge in [-0.15, -0.1) is 10.2 Å². The molecule has 0 saturated carbocycles. The molecule has 2 aromatic heterocycles. The van der Waals surface area contributed by atoms with E-state index in [2.05, 4.69) is 27.5 Å². The van der Waals surface area contributed by atoms with Gasteiger partial charge in [0.2, 0.25) is 5.13 Å². The molecule has 0 aromatic carbocycles. The number of nitrogens with zero attached hydrogens (tertiary/aromatic N) is 4. The maximum Gasteiger partial charge on any atom is 0.232 e. The molecule has 2 aromatic rings. The first-order valence-corrected chi connectivity index (χ1v) is 5.67. The molecule has 5 nitrogen and oxygen atoms in total. The van der Waals surface area contributed by atoms with Crippen molar-refractivity contribution in [3.63, 3.8) is 0 Å². The lowest BCUT2D eigenvalue weighted by Crippen LogP contribution is -2.11. The standard InChI is InChI=1S/C9H13N5S/c1-3-10-6-8-11-12-9(15-8)14-5-4-7(2)13-14/h4-5,10H,3,6H2,1-2H3. The fourth-order valence-corrected chi connectivity index (χ4v) is 1.91. The lowest BCUT2D eigenvalue weighted by Gasteiger charge is -1.93. The normalized spacial score (nSPS) is 10.8. The molecule has 2 heterocycles. The monoisotopic (exact) mass is 223 g/mol. The Bertz CT molecular complexity index is 433. The lowest BCUT2D eigenvalue weighted by atomic mass is 10.5. The van der Waals surface area contributed by atoms with Crippen molar-refractivity contribution in [3.8, 4) is 5.13 Å². The molecule has 0 fully saturated rings. The molecule has 0 unspecified atom stereocenters. The summed E-state index contributed by atoms with van der Waals surface area (Å²) in [6.07, 6.45) is 1.90. The summed E-state index contributed by atoms with van der Waals surface area (Å²) in [4.78, 5) is 0. The van der Waals surface area contributed by atoms with E-state index in [9.17, 15) is 0 Å². The second-order valence-corrected chi connectivity index (χ2v) is 4.20. The van der Waals surface area contributed by atoms with Crippen molar-refractivity contribution >= 4 is 11.3 Å². The van der Waals surface area contributed by atoms with Crippen LogP contribution in [0.4, 0.5) is 0 Å². The van der Waals surface area contributed by atoms with Crippen molar-refractivity contribution in [1.82, 2.24) is 25.3 Å². The summed E-state index contributed by atoms with van der Waals surface area (Å²) in [5, 5.41) is 17.5. The largest absolute Gasteiger partial charge is 0.311 e. The molecule has 80 valence electrons. The quantitative estimate of drug-likeness (QED) is 0.844. The zero-order chi connectivity index (χ0) is 10.7. The summed E-state index contributed by atoms with van der Waals surface area (Å²) >= 11 is 1.55. The molecule has 0 spiro atoms. The zero-order valence-corrected chi connectivity index (χ0v) is 9.58. The van der Waals surface area contributed by atoms with Crippen LogP contribution in [0.5, 0.6) is 0 Å². The third-order valence-corrected chi connectivity index (χ3v) is 2.81. The number of nitrogens with one attached hydrogen (secondary N) is 1. The van der Waals surface area contributed by atoms with Crippen LogP contribution in [0.25, 0.3) is 5.13 Å².